The Morgan fingerprint density at radius 3 is 2.26 bits per heavy atom. The number of rotatable bonds is 4. The molecule has 2 heterocycles. The maximum atomic E-state index is 12.7. The van der Waals surface area contributed by atoms with E-state index in [1.807, 2.05) is 61.5 Å². The van der Waals surface area contributed by atoms with Crippen LogP contribution in [0.1, 0.15) is 17.3 Å². The smallest absolute Gasteiger partial charge is 0.259 e. The first-order chi connectivity index (χ1) is 11.3. The Bertz CT molecular complexity index is 771. The van der Waals surface area contributed by atoms with Crippen molar-refractivity contribution in [3.05, 3.63) is 78.6 Å². The molecule has 0 fully saturated rings. The highest BCUT2D eigenvalue weighted by molar-refractivity contribution is 6.05. The summed E-state index contributed by atoms with van der Waals surface area (Å²) in [5, 5.41) is 0. The first-order valence-corrected chi connectivity index (χ1v) is 7.54. The highest BCUT2D eigenvalue weighted by Gasteiger charge is 2.16. The molecule has 0 spiro atoms. The van der Waals surface area contributed by atoms with Crippen molar-refractivity contribution in [3.8, 4) is 11.4 Å². The van der Waals surface area contributed by atoms with Crippen molar-refractivity contribution < 1.29 is 4.79 Å². The molecule has 1 aromatic carbocycles. The molecular formula is C19H17N3O. The van der Waals surface area contributed by atoms with E-state index in [1.54, 1.807) is 23.4 Å². The zero-order valence-corrected chi connectivity index (χ0v) is 12.9. The lowest BCUT2D eigenvalue weighted by Gasteiger charge is -2.21. The van der Waals surface area contributed by atoms with Gasteiger partial charge in [-0.25, -0.2) is 0 Å². The normalized spacial score (nSPS) is 10.3. The second-order valence-corrected chi connectivity index (χ2v) is 5.03. The summed E-state index contributed by atoms with van der Waals surface area (Å²) in [5.74, 6) is -0.0567. The standard InChI is InChI=1S/C19H17N3O/c1-2-22(16-8-4-3-5-9-16)19(23)15-11-12-18(21-14-15)17-10-6-7-13-20-17/h3-14H,2H2,1H3. The number of anilines is 1. The van der Waals surface area contributed by atoms with Crippen LogP contribution >= 0.6 is 0 Å². The van der Waals surface area contributed by atoms with E-state index in [2.05, 4.69) is 9.97 Å². The van der Waals surface area contributed by atoms with Crippen LogP contribution in [0.3, 0.4) is 0 Å². The molecule has 0 radical (unpaired) electrons. The number of para-hydroxylation sites is 1. The van der Waals surface area contributed by atoms with Crippen LogP contribution in [0.15, 0.2) is 73.1 Å². The summed E-state index contributed by atoms with van der Waals surface area (Å²) >= 11 is 0. The molecular weight excluding hydrogens is 286 g/mol. The largest absolute Gasteiger partial charge is 0.309 e. The Labute approximate surface area is 135 Å². The molecule has 2 aromatic heterocycles. The molecule has 0 N–H and O–H groups in total. The first-order valence-electron chi connectivity index (χ1n) is 7.54. The maximum absolute atomic E-state index is 12.7. The summed E-state index contributed by atoms with van der Waals surface area (Å²) in [7, 11) is 0. The minimum atomic E-state index is -0.0567. The second-order valence-electron chi connectivity index (χ2n) is 5.03. The number of hydrogen-bond donors (Lipinski definition) is 0. The number of amides is 1. The summed E-state index contributed by atoms with van der Waals surface area (Å²) in [6.07, 6.45) is 3.34. The molecule has 0 saturated heterocycles. The Morgan fingerprint density at radius 1 is 0.913 bits per heavy atom. The topological polar surface area (TPSA) is 46.1 Å². The van der Waals surface area contributed by atoms with E-state index in [9.17, 15) is 4.79 Å². The van der Waals surface area contributed by atoms with Gasteiger partial charge in [-0.2, -0.15) is 0 Å². The quantitative estimate of drug-likeness (QED) is 0.736. The summed E-state index contributed by atoms with van der Waals surface area (Å²) in [5.41, 5.74) is 3.00. The Morgan fingerprint density at radius 2 is 1.65 bits per heavy atom. The number of carbonyl (C=O) groups is 1. The minimum absolute atomic E-state index is 0.0567. The van der Waals surface area contributed by atoms with Crippen LogP contribution in [-0.4, -0.2) is 22.4 Å². The monoisotopic (exact) mass is 303 g/mol. The van der Waals surface area contributed by atoms with E-state index in [0.29, 0.717) is 12.1 Å². The molecule has 0 aliphatic rings. The summed E-state index contributed by atoms with van der Waals surface area (Å²) in [4.78, 5) is 23.1. The van der Waals surface area contributed by atoms with Crippen molar-refractivity contribution in [1.29, 1.82) is 0 Å². The van der Waals surface area contributed by atoms with Crippen LogP contribution in [0.4, 0.5) is 5.69 Å². The van der Waals surface area contributed by atoms with Crippen LogP contribution < -0.4 is 4.90 Å². The number of carbonyl (C=O) groups excluding carboxylic acids is 1. The van der Waals surface area contributed by atoms with Gasteiger partial charge in [0.2, 0.25) is 0 Å². The fourth-order valence-corrected chi connectivity index (χ4v) is 2.39. The minimum Gasteiger partial charge on any atom is -0.309 e. The molecule has 0 aliphatic heterocycles. The lowest BCUT2D eigenvalue weighted by molar-refractivity contribution is 0.0988. The van der Waals surface area contributed by atoms with E-state index in [-0.39, 0.29) is 5.91 Å². The van der Waals surface area contributed by atoms with E-state index < -0.39 is 0 Å². The van der Waals surface area contributed by atoms with Crippen LogP contribution in [-0.2, 0) is 0 Å². The summed E-state index contributed by atoms with van der Waals surface area (Å²) < 4.78 is 0. The predicted octanol–water partition coefficient (Wildman–Crippen LogP) is 3.81. The highest BCUT2D eigenvalue weighted by atomic mass is 16.2. The van der Waals surface area contributed by atoms with Crippen LogP contribution in [0.25, 0.3) is 11.4 Å². The third kappa shape index (κ3) is 3.26. The number of aromatic nitrogens is 2. The lowest BCUT2D eigenvalue weighted by Crippen LogP contribution is -2.30. The van der Waals surface area contributed by atoms with Gasteiger partial charge in [0.15, 0.2) is 0 Å². The van der Waals surface area contributed by atoms with E-state index >= 15 is 0 Å². The zero-order valence-electron chi connectivity index (χ0n) is 12.9. The molecule has 4 heteroatoms. The summed E-state index contributed by atoms with van der Waals surface area (Å²) in [6, 6.07) is 18.9. The highest BCUT2D eigenvalue weighted by Crippen LogP contribution is 2.18. The Kier molecular flexibility index (Phi) is 4.43. The van der Waals surface area contributed by atoms with Gasteiger partial charge in [-0.3, -0.25) is 14.8 Å². The van der Waals surface area contributed by atoms with Gasteiger partial charge in [0.05, 0.1) is 17.0 Å². The van der Waals surface area contributed by atoms with Crippen LogP contribution in [0, 0.1) is 0 Å². The Balaban J connectivity index is 1.85. The maximum Gasteiger partial charge on any atom is 0.259 e. The predicted molar refractivity (Wildman–Crippen MR) is 91.3 cm³/mol. The molecule has 3 aromatic rings. The van der Waals surface area contributed by atoms with Gasteiger partial charge in [0, 0.05) is 24.6 Å². The van der Waals surface area contributed by atoms with Crippen molar-refractivity contribution in [2.75, 3.05) is 11.4 Å². The molecule has 0 atom stereocenters. The lowest BCUT2D eigenvalue weighted by atomic mass is 10.2. The first kappa shape index (κ1) is 14.9. The van der Waals surface area contributed by atoms with Gasteiger partial charge >= 0.3 is 0 Å². The SMILES string of the molecule is CCN(C(=O)c1ccc(-c2ccccn2)nc1)c1ccccc1. The third-order valence-electron chi connectivity index (χ3n) is 3.57. The van der Waals surface area contributed by atoms with Crippen molar-refractivity contribution in [2.24, 2.45) is 0 Å². The third-order valence-corrected chi connectivity index (χ3v) is 3.57. The molecule has 1 amide bonds. The summed E-state index contributed by atoms with van der Waals surface area (Å²) in [6.45, 7) is 2.56. The van der Waals surface area contributed by atoms with Gasteiger partial charge in [-0.15, -0.1) is 0 Å². The van der Waals surface area contributed by atoms with Crippen molar-refractivity contribution >= 4 is 11.6 Å². The second kappa shape index (κ2) is 6.83. The number of benzene rings is 1. The number of hydrogen-bond acceptors (Lipinski definition) is 3. The molecule has 114 valence electrons. The zero-order chi connectivity index (χ0) is 16.1. The fourth-order valence-electron chi connectivity index (χ4n) is 2.39. The van der Waals surface area contributed by atoms with Gasteiger partial charge in [-0.1, -0.05) is 24.3 Å². The van der Waals surface area contributed by atoms with Gasteiger partial charge in [0.25, 0.3) is 5.91 Å². The Hall–Kier alpha value is -3.01. The fraction of sp³-hybridized carbons (Fsp3) is 0.105. The molecule has 4 nitrogen and oxygen atoms in total. The molecule has 0 bridgehead atoms. The van der Waals surface area contributed by atoms with E-state index in [0.717, 1.165) is 17.1 Å². The number of pyridine rings is 2. The average molecular weight is 303 g/mol. The van der Waals surface area contributed by atoms with Crippen molar-refractivity contribution in [3.63, 3.8) is 0 Å². The molecule has 0 unspecified atom stereocenters. The van der Waals surface area contributed by atoms with Crippen molar-refractivity contribution in [1.82, 2.24) is 9.97 Å². The van der Waals surface area contributed by atoms with E-state index in [1.165, 1.54) is 0 Å². The average Bonchev–Trinajstić information content (AvgIpc) is 2.64. The molecule has 0 aliphatic carbocycles. The van der Waals surface area contributed by atoms with Gasteiger partial charge in [0.1, 0.15) is 0 Å². The molecule has 3 rings (SSSR count). The van der Waals surface area contributed by atoms with Gasteiger partial charge < -0.3 is 4.90 Å². The van der Waals surface area contributed by atoms with Crippen LogP contribution in [0.5, 0.6) is 0 Å². The molecule has 0 saturated carbocycles. The van der Waals surface area contributed by atoms with Crippen LogP contribution in [0.2, 0.25) is 0 Å². The molecule has 23 heavy (non-hydrogen) atoms. The number of nitrogens with zero attached hydrogens (tertiary/aromatic N) is 3. The van der Waals surface area contributed by atoms with E-state index in [4.69, 9.17) is 0 Å². The van der Waals surface area contributed by atoms with Crippen molar-refractivity contribution in [2.45, 2.75) is 6.92 Å². The van der Waals surface area contributed by atoms with Gasteiger partial charge in [-0.05, 0) is 43.3 Å².